The molecule has 1 heterocycles. The first-order valence-electron chi connectivity index (χ1n) is 5.99. The SMILES string of the molecule is CC1(C)ON=C2[C@H](c3ccccc3)CC[C@H]21. The molecule has 0 N–H and O–H groups in total. The van der Waals surface area contributed by atoms with Gasteiger partial charge < -0.3 is 4.84 Å². The van der Waals surface area contributed by atoms with Gasteiger partial charge in [-0.1, -0.05) is 35.5 Å². The second-order valence-corrected chi connectivity index (χ2v) is 5.30. The van der Waals surface area contributed by atoms with E-state index >= 15 is 0 Å². The zero-order valence-electron chi connectivity index (χ0n) is 9.81. The molecule has 1 aliphatic carbocycles. The number of nitrogens with zero attached hydrogens (tertiary/aromatic N) is 1. The minimum Gasteiger partial charge on any atom is -0.389 e. The fraction of sp³-hybridized carbons (Fsp3) is 0.500. The van der Waals surface area contributed by atoms with E-state index in [2.05, 4.69) is 49.3 Å². The normalized spacial score (nSPS) is 30.8. The third-order valence-electron chi connectivity index (χ3n) is 3.89. The van der Waals surface area contributed by atoms with E-state index in [4.69, 9.17) is 4.84 Å². The van der Waals surface area contributed by atoms with E-state index in [-0.39, 0.29) is 5.60 Å². The Hall–Kier alpha value is -1.31. The average molecular weight is 215 g/mol. The van der Waals surface area contributed by atoms with Crippen molar-refractivity contribution in [3.63, 3.8) is 0 Å². The Labute approximate surface area is 96.3 Å². The van der Waals surface area contributed by atoms with Crippen LogP contribution in [0.4, 0.5) is 0 Å². The van der Waals surface area contributed by atoms with Crippen LogP contribution in [-0.4, -0.2) is 11.3 Å². The zero-order valence-corrected chi connectivity index (χ0v) is 9.81. The molecule has 2 nitrogen and oxygen atoms in total. The summed E-state index contributed by atoms with van der Waals surface area (Å²) < 4.78 is 0. The number of benzene rings is 1. The van der Waals surface area contributed by atoms with Crippen molar-refractivity contribution in [1.29, 1.82) is 0 Å². The fourth-order valence-electron chi connectivity index (χ4n) is 2.96. The van der Waals surface area contributed by atoms with Gasteiger partial charge in [-0.3, -0.25) is 0 Å². The number of rotatable bonds is 1. The van der Waals surface area contributed by atoms with E-state index in [0.717, 1.165) is 0 Å². The van der Waals surface area contributed by atoms with Crippen LogP contribution in [0.2, 0.25) is 0 Å². The summed E-state index contributed by atoms with van der Waals surface area (Å²) in [7, 11) is 0. The summed E-state index contributed by atoms with van der Waals surface area (Å²) in [6.45, 7) is 4.28. The molecular formula is C14H17NO. The van der Waals surface area contributed by atoms with Gasteiger partial charge in [0.05, 0.1) is 5.71 Å². The van der Waals surface area contributed by atoms with Gasteiger partial charge in [0.15, 0.2) is 0 Å². The predicted molar refractivity (Wildman–Crippen MR) is 64.5 cm³/mol. The van der Waals surface area contributed by atoms with Crippen molar-refractivity contribution >= 4 is 5.71 Å². The first-order valence-corrected chi connectivity index (χ1v) is 5.99. The average Bonchev–Trinajstić information content (AvgIpc) is 2.82. The van der Waals surface area contributed by atoms with Crippen molar-refractivity contribution in [2.24, 2.45) is 11.1 Å². The molecule has 2 aliphatic rings. The zero-order chi connectivity index (χ0) is 11.2. The Kier molecular flexibility index (Phi) is 2.06. The monoisotopic (exact) mass is 215 g/mol. The van der Waals surface area contributed by atoms with Gasteiger partial charge in [0.1, 0.15) is 5.60 Å². The van der Waals surface area contributed by atoms with Crippen LogP contribution >= 0.6 is 0 Å². The van der Waals surface area contributed by atoms with Crippen molar-refractivity contribution in [2.75, 3.05) is 0 Å². The molecule has 0 bridgehead atoms. The molecule has 3 rings (SSSR count). The molecule has 1 aromatic rings. The van der Waals surface area contributed by atoms with Gasteiger partial charge in [0.25, 0.3) is 0 Å². The van der Waals surface area contributed by atoms with Gasteiger partial charge in [-0.05, 0) is 32.3 Å². The first kappa shape index (κ1) is 9.88. The Bertz CT molecular complexity index is 422. The van der Waals surface area contributed by atoms with Crippen LogP contribution in [0.15, 0.2) is 35.5 Å². The molecule has 2 atom stereocenters. The van der Waals surface area contributed by atoms with Gasteiger partial charge in [-0.25, -0.2) is 0 Å². The van der Waals surface area contributed by atoms with Gasteiger partial charge in [-0.15, -0.1) is 0 Å². The minimum atomic E-state index is -0.0983. The molecule has 0 saturated heterocycles. The van der Waals surface area contributed by atoms with Gasteiger partial charge in [0.2, 0.25) is 0 Å². The molecule has 1 fully saturated rings. The number of hydrogen-bond donors (Lipinski definition) is 0. The Morgan fingerprint density at radius 3 is 2.69 bits per heavy atom. The lowest BCUT2D eigenvalue weighted by molar-refractivity contribution is -0.0158. The lowest BCUT2D eigenvalue weighted by atomic mass is 9.87. The molecule has 0 aromatic heterocycles. The molecule has 0 radical (unpaired) electrons. The summed E-state index contributed by atoms with van der Waals surface area (Å²) in [6.07, 6.45) is 2.41. The maximum absolute atomic E-state index is 5.55. The number of oxime groups is 1. The Morgan fingerprint density at radius 1 is 1.19 bits per heavy atom. The van der Waals surface area contributed by atoms with Crippen molar-refractivity contribution < 1.29 is 4.84 Å². The van der Waals surface area contributed by atoms with Crippen LogP contribution in [0.1, 0.15) is 38.2 Å². The lowest BCUT2D eigenvalue weighted by Gasteiger charge is -2.21. The van der Waals surface area contributed by atoms with Crippen LogP contribution in [0, 0.1) is 5.92 Å². The summed E-state index contributed by atoms with van der Waals surface area (Å²) in [5.41, 5.74) is 2.54. The molecule has 1 saturated carbocycles. The standard InChI is InChI=1S/C14H17NO/c1-14(2)12-9-8-11(13(12)15-16-14)10-6-4-3-5-7-10/h3-7,11-12H,8-9H2,1-2H3/t11-,12+/m0/s1. The summed E-state index contributed by atoms with van der Waals surface area (Å²) >= 11 is 0. The lowest BCUT2D eigenvalue weighted by Crippen LogP contribution is -2.30. The molecule has 0 spiro atoms. The highest BCUT2D eigenvalue weighted by molar-refractivity contribution is 5.96. The summed E-state index contributed by atoms with van der Waals surface area (Å²) in [6, 6.07) is 10.7. The highest BCUT2D eigenvalue weighted by Crippen LogP contribution is 2.45. The molecule has 84 valence electrons. The highest BCUT2D eigenvalue weighted by atomic mass is 16.7. The molecule has 16 heavy (non-hydrogen) atoms. The van der Waals surface area contributed by atoms with Crippen molar-refractivity contribution in [3.05, 3.63) is 35.9 Å². The summed E-state index contributed by atoms with van der Waals surface area (Å²) in [5.74, 6) is 0.991. The summed E-state index contributed by atoms with van der Waals surface area (Å²) in [4.78, 5) is 5.55. The van der Waals surface area contributed by atoms with Crippen molar-refractivity contribution in [3.8, 4) is 0 Å². The topological polar surface area (TPSA) is 21.6 Å². The number of hydrogen-bond acceptors (Lipinski definition) is 2. The van der Waals surface area contributed by atoms with Crippen LogP contribution in [-0.2, 0) is 4.84 Å². The van der Waals surface area contributed by atoms with Crippen molar-refractivity contribution in [1.82, 2.24) is 0 Å². The van der Waals surface area contributed by atoms with E-state index in [0.29, 0.717) is 11.8 Å². The Balaban J connectivity index is 1.92. The summed E-state index contributed by atoms with van der Waals surface area (Å²) in [5, 5.41) is 4.32. The third-order valence-corrected chi connectivity index (χ3v) is 3.89. The number of fused-ring (bicyclic) bond motifs is 1. The van der Waals surface area contributed by atoms with Gasteiger partial charge in [0, 0.05) is 11.8 Å². The van der Waals surface area contributed by atoms with E-state index in [1.165, 1.54) is 24.1 Å². The second kappa shape index (κ2) is 3.34. The second-order valence-electron chi connectivity index (χ2n) is 5.30. The van der Waals surface area contributed by atoms with E-state index in [1.54, 1.807) is 0 Å². The first-order chi connectivity index (χ1) is 7.68. The predicted octanol–water partition coefficient (Wildman–Crippen LogP) is 3.35. The van der Waals surface area contributed by atoms with Crippen LogP contribution in [0.5, 0.6) is 0 Å². The maximum atomic E-state index is 5.55. The minimum absolute atomic E-state index is 0.0983. The maximum Gasteiger partial charge on any atom is 0.140 e. The highest BCUT2D eigenvalue weighted by Gasteiger charge is 2.48. The van der Waals surface area contributed by atoms with Gasteiger partial charge in [-0.2, -0.15) is 0 Å². The molecular weight excluding hydrogens is 198 g/mol. The quantitative estimate of drug-likeness (QED) is 0.704. The molecule has 2 heteroatoms. The molecule has 1 aromatic carbocycles. The van der Waals surface area contributed by atoms with Crippen LogP contribution in [0.3, 0.4) is 0 Å². The van der Waals surface area contributed by atoms with Crippen LogP contribution in [0.25, 0.3) is 0 Å². The van der Waals surface area contributed by atoms with E-state index in [9.17, 15) is 0 Å². The van der Waals surface area contributed by atoms with E-state index in [1.807, 2.05) is 0 Å². The largest absolute Gasteiger partial charge is 0.389 e. The Morgan fingerprint density at radius 2 is 1.94 bits per heavy atom. The third kappa shape index (κ3) is 1.36. The molecule has 0 unspecified atom stereocenters. The van der Waals surface area contributed by atoms with Crippen molar-refractivity contribution in [2.45, 2.75) is 38.2 Å². The molecule has 0 amide bonds. The van der Waals surface area contributed by atoms with E-state index < -0.39 is 0 Å². The van der Waals surface area contributed by atoms with Crippen LogP contribution < -0.4 is 0 Å². The van der Waals surface area contributed by atoms with Gasteiger partial charge >= 0.3 is 0 Å². The smallest absolute Gasteiger partial charge is 0.140 e. The molecule has 1 aliphatic heterocycles. The fourth-order valence-corrected chi connectivity index (χ4v) is 2.96.